The molecule has 0 fully saturated rings. The molecule has 1 heterocycles. The molecule has 3 rings (SSSR count). The van der Waals surface area contributed by atoms with Crippen molar-refractivity contribution in [2.75, 3.05) is 0 Å². The normalized spacial score (nSPS) is 19.5. The number of benzene rings is 2. The van der Waals surface area contributed by atoms with Crippen molar-refractivity contribution >= 4 is 18.2 Å². The van der Waals surface area contributed by atoms with Crippen LogP contribution in [-0.4, -0.2) is 17.4 Å². The Hall–Kier alpha value is -1.80. The van der Waals surface area contributed by atoms with E-state index in [9.17, 15) is 0 Å². The molecule has 0 aliphatic carbocycles. The predicted octanol–water partition coefficient (Wildman–Crippen LogP) is 4.80. The minimum absolute atomic E-state index is 0. The third-order valence-electron chi connectivity index (χ3n) is 4.17. The van der Waals surface area contributed by atoms with Crippen LogP contribution >= 0.6 is 12.4 Å². The molecule has 1 aliphatic heterocycles. The summed E-state index contributed by atoms with van der Waals surface area (Å²) in [6.07, 6.45) is 1.06. The van der Waals surface area contributed by atoms with E-state index in [-0.39, 0.29) is 23.9 Å². The first kappa shape index (κ1) is 17.6. The van der Waals surface area contributed by atoms with Gasteiger partial charge < -0.3 is 5.32 Å². The van der Waals surface area contributed by atoms with E-state index in [4.69, 9.17) is 4.99 Å². The molecule has 3 heteroatoms. The molecule has 1 unspecified atom stereocenters. The molecule has 2 aromatic carbocycles. The van der Waals surface area contributed by atoms with Gasteiger partial charge in [-0.05, 0) is 38.3 Å². The molecule has 2 nitrogen and oxygen atoms in total. The highest BCUT2D eigenvalue weighted by Crippen LogP contribution is 2.30. The smallest absolute Gasteiger partial charge is 0.109 e. The van der Waals surface area contributed by atoms with Gasteiger partial charge >= 0.3 is 0 Å². The highest BCUT2D eigenvalue weighted by molar-refractivity contribution is 5.93. The molecule has 0 amide bonds. The summed E-state index contributed by atoms with van der Waals surface area (Å²) < 4.78 is 0. The van der Waals surface area contributed by atoms with E-state index in [1.165, 1.54) is 11.1 Å². The lowest BCUT2D eigenvalue weighted by Gasteiger charge is -2.37. The third-order valence-corrected chi connectivity index (χ3v) is 4.17. The number of halogens is 1. The summed E-state index contributed by atoms with van der Waals surface area (Å²) in [6.45, 7) is 6.71. The van der Waals surface area contributed by atoms with Gasteiger partial charge in [-0.3, -0.25) is 4.99 Å². The van der Waals surface area contributed by atoms with Crippen LogP contribution in [0.4, 0.5) is 0 Å². The predicted molar refractivity (Wildman–Crippen MR) is 101 cm³/mol. The fraction of sp³-hybridized carbons (Fsp3) is 0.350. The first-order valence-corrected chi connectivity index (χ1v) is 8.01. The largest absolute Gasteiger partial charge is 0.368 e. The van der Waals surface area contributed by atoms with Crippen molar-refractivity contribution in [2.24, 2.45) is 4.99 Å². The van der Waals surface area contributed by atoms with Gasteiger partial charge in [0.15, 0.2) is 0 Å². The quantitative estimate of drug-likeness (QED) is 0.860. The molecule has 0 spiro atoms. The lowest BCUT2D eigenvalue weighted by molar-refractivity contribution is 0.369. The van der Waals surface area contributed by atoms with Gasteiger partial charge in [-0.25, -0.2) is 0 Å². The molecular formula is C20H25ClN2. The average Bonchev–Trinajstić information content (AvgIpc) is 2.48. The molecule has 122 valence electrons. The van der Waals surface area contributed by atoms with E-state index in [1.54, 1.807) is 0 Å². The van der Waals surface area contributed by atoms with Crippen molar-refractivity contribution in [2.45, 2.75) is 44.7 Å². The number of nitrogens with zero attached hydrogens (tertiary/aromatic N) is 1. The zero-order chi connectivity index (χ0) is 15.6. The summed E-state index contributed by atoms with van der Waals surface area (Å²) in [6, 6.07) is 21.6. The van der Waals surface area contributed by atoms with E-state index in [1.807, 2.05) is 0 Å². The second kappa shape index (κ2) is 7.18. The zero-order valence-electron chi connectivity index (χ0n) is 14.0. The zero-order valence-corrected chi connectivity index (χ0v) is 14.8. The van der Waals surface area contributed by atoms with Crippen LogP contribution in [-0.2, 0) is 0 Å². The van der Waals surface area contributed by atoms with Crippen molar-refractivity contribution in [3.63, 3.8) is 0 Å². The van der Waals surface area contributed by atoms with Gasteiger partial charge in [-0.1, -0.05) is 60.7 Å². The van der Waals surface area contributed by atoms with Crippen LogP contribution in [0.25, 0.3) is 0 Å². The van der Waals surface area contributed by atoms with Crippen molar-refractivity contribution in [3.8, 4) is 0 Å². The lowest BCUT2D eigenvalue weighted by Crippen LogP contribution is -2.51. The van der Waals surface area contributed by atoms with E-state index < -0.39 is 0 Å². The monoisotopic (exact) mass is 328 g/mol. The number of aliphatic imine (C=N–C) groups is 1. The molecular weight excluding hydrogens is 304 g/mol. The SMILES string of the molecule is CC1CC(C)(C)NC(C(c2ccccc2)c2ccccc2)=N1.Cl. The van der Waals surface area contributed by atoms with Crippen LogP contribution in [0.5, 0.6) is 0 Å². The molecule has 23 heavy (non-hydrogen) atoms. The van der Waals surface area contributed by atoms with E-state index >= 15 is 0 Å². The van der Waals surface area contributed by atoms with Crippen LogP contribution in [0.2, 0.25) is 0 Å². The maximum absolute atomic E-state index is 4.94. The first-order chi connectivity index (χ1) is 10.6. The minimum atomic E-state index is 0. The molecule has 0 saturated heterocycles. The molecule has 1 N–H and O–H groups in total. The molecule has 1 atom stereocenters. The van der Waals surface area contributed by atoms with Crippen LogP contribution in [0.1, 0.15) is 44.2 Å². The van der Waals surface area contributed by atoms with Crippen LogP contribution in [0.3, 0.4) is 0 Å². The van der Waals surface area contributed by atoms with Gasteiger partial charge in [0.2, 0.25) is 0 Å². The van der Waals surface area contributed by atoms with Crippen molar-refractivity contribution in [3.05, 3.63) is 71.8 Å². The topological polar surface area (TPSA) is 24.4 Å². The van der Waals surface area contributed by atoms with Crippen molar-refractivity contribution < 1.29 is 0 Å². The molecule has 0 saturated carbocycles. The van der Waals surface area contributed by atoms with Gasteiger partial charge in [0.1, 0.15) is 5.84 Å². The second-order valence-corrected chi connectivity index (χ2v) is 6.83. The van der Waals surface area contributed by atoms with Gasteiger partial charge in [-0.15, -0.1) is 12.4 Å². The Bertz CT molecular complexity index is 610. The maximum Gasteiger partial charge on any atom is 0.109 e. The summed E-state index contributed by atoms with van der Waals surface area (Å²) >= 11 is 0. The summed E-state index contributed by atoms with van der Waals surface area (Å²) in [5, 5.41) is 3.67. The summed E-state index contributed by atoms with van der Waals surface area (Å²) in [7, 11) is 0. The average molecular weight is 329 g/mol. The highest BCUT2D eigenvalue weighted by Gasteiger charge is 2.31. The van der Waals surface area contributed by atoms with Gasteiger partial charge in [0.05, 0.1) is 12.0 Å². The molecule has 1 aliphatic rings. The van der Waals surface area contributed by atoms with E-state index in [0.29, 0.717) is 6.04 Å². The maximum atomic E-state index is 4.94. The minimum Gasteiger partial charge on any atom is -0.368 e. The van der Waals surface area contributed by atoms with Crippen molar-refractivity contribution in [1.82, 2.24) is 5.32 Å². The Balaban J connectivity index is 0.00000192. The number of nitrogens with one attached hydrogen (secondary N) is 1. The Morgan fingerprint density at radius 2 is 1.43 bits per heavy atom. The molecule has 2 aromatic rings. The van der Waals surface area contributed by atoms with Gasteiger partial charge in [0.25, 0.3) is 0 Å². The van der Waals surface area contributed by atoms with Gasteiger partial charge in [0, 0.05) is 5.54 Å². The number of hydrogen-bond donors (Lipinski definition) is 1. The Morgan fingerprint density at radius 3 is 1.87 bits per heavy atom. The molecule has 0 aromatic heterocycles. The highest BCUT2D eigenvalue weighted by atomic mass is 35.5. The van der Waals surface area contributed by atoms with Crippen LogP contribution in [0, 0.1) is 0 Å². The second-order valence-electron chi connectivity index (χ2n) is 6.83. The van der Waals surface area contributed by atoms with Crippen molar-refractivity contribution in [1.29, 1.82) is 0 Å². The Morgan fingerprint density at radius 1 is 0.957 bits per heavy atom. The third kappa shape index (κ3) is 4.14. The van der Waals surface area contributed by atoms with Crippen LogP contribution < -0.4 is 5.32 Å². The first-order valence-electron chi connectivity index (χ1n) is 8.01. The molecule has 0 bridgehead atoms. The standard InChI is InChI=1S/C20H24N2.ClH/c1-15-14-20(2,3)22-19(21-15)18(16-10-6-4-7-11-16)17-12-8-5-9-13-17;/h4-13,15,18H,14H2,1-3H3,(H,21,22);1H. The fourth-order valence-corrected chi connectivity index (χ4v) is 3.40. The van der Waals surface area contributed by atoms with E-state index in [2.05, 4.69) is 86.8 Å². The summed E-state index contributed by atoms with van der Waals surface area (Å²) in [5.74, 6) is 1.26. The number of hydrogen-bond acceptors (Lipinski definition) is 2. The molecule has 0 radical (unpaired) electrons. The Kier molecular flexibility index (Phi) is 5.48. The summed E-state index contributed by atoms with van der Waals surface area (Å²) in [5.41, 5.74) is 2.65. The van der Waals surface area contributed by atoms with E-state index in [0.717, 1.165) is 12.3 Å². The Labute approximate surface area is 145 Å². The van der Waals surface area contributed by atoms with Crippen LogP contribution in [0.15, 0.2) is 65.7 Å². The number of amidine groups is 1. The fourth-order valence-electron chi connectivity index (χ4n) is 3.40. The lowest BCUT2D eigenvalue weighted by atomic mass is 9.86. The van der Waals surface area contributed by atoms with Gasteiger partial charge in [-0.2, -0.15) is 0 Å². The summed E-state index contributed by atoms with van der Waals surface area (Å²) in [4.78, 5) is 4.94. The number of rotatable bonds is 3.